The first-order valence-electron chi connectivity index (χ1n) is 7.34. The topological polar surface area (TPSA) is 69.4 Å². The van der Waals surface area contributed by atoms with E-state index in [0.717, 1.165) is 18.6 Å². The van der Waals surface area contributed by atoms with Gasteiger partial charge in [0.15, 0.2) is 0 Å². The highest BCUT2D eigenvalue weighted by Crippen LogP contribution is 2.32. The summed E-state index contributed by atoms with van der Waals surface area (Å²) in [5.74, 6) is 0.963. The normalized spacial score (nSPS) is 12.4. The quantitative estimate of drug-likeness (QED) is 0.786. The van der Waals surface area contributed by atoms with Crippen LogP contribution in [0.5, 0.6) is 5.75 Å². The van der Waals surface area contributed by atoms with Crippen molar-refractivity contribution in [2.45, 2.75) is 52.4 Å². The summed E-state index contributed by atoms with van der Waals surface area (Å²) in [6.07, 6.45) is 2.21. The van der Waals surface area contributed by atoms with Gasteiger partial charge in [-0.05, 0) is 43.2 Å². The van der Waals surface area contributed by atoms with E-state index in [4.69, 9.17) is 9.88 Å². The second kappa shape index (κ2) is 7.27. The minimum Gasteiger partial charge on any atom is -0.493 e. The minimum absolute atomic E-state index is 0.0367. The highest BCUT2D eigenvalue weighted by atomic mass is 32.2. The van der Waals surface area contributed by atoms with Crippen LogP contribution in [0.2, 0.25) is 0 Å². The van der Waals surface area contributed by atoms with Crippen LogP contribution in [0.4, 0.5) is 0 Å². The lowest BCUT2D eigenvalue weighted by atomic mass is 9.85. The first-order chi connectivity index (χ1) is 9.59. The molecule has 4 nitrogen and oxygen atoms in total. The van der Waals surface area contributed by atoms with E-state index in [2.05, 4.69) is 33.8 Å². The molecule has 120 valence electrons. The van der Waals surface area contributed by atoms with Crippen molar-refractivity contribution in [2.24, 2.45) is 5.14 Å². The van der Waals surface area contributed by atoms with Crippen LogP contribution in [0, 0.1) is 6.92 Å². The fourth-order valence-corrected chi connectivity index (χ4v) is 2.73. The molecule has 0 spiro atoms. The molecule has 0 amide bonds. The smallest absolute Gasteiger partial charge is 0.209 e. The summed E-state index contributed by atoms with van der Waals surface area (Å²) in [7, 11) is -3.34. The SMILES string of the molecule is Cc1ccc(OCCCCCS(N)(=O)=O)c(C(C)(C)C)c1. The average Bonchev–Trinajstić information content (AvgIpc) is 2.32. The summed E-state index contributed by atoms with van der Waals surface area (Å²) in [5, 5.41) is 4.96. The fourth-order valence-electron chi connectivity index (χ4n) is 2.12. The Bertz CT molecular complexity index is 559. The van der Waals surface area contributed by atoms with E-state index in [1.54, 1.807) is 0 Å². The molecule has 0 saturated heterocycles. The molecular weight excluding hydrogens is 286 g/mol. The lowest BCUT2D eigenvalue weighted by molar-refractivity contribution is 0.298. The second-order valence-corrected chi connectivity index (χ2v) is 8.26. The van der Waals surface area contributed by atoms with E-state index in [1.165, 1.54) is 11.1 Å². The highest BCUT2D eigenvalue weighted by Gasteiger charge is 2.19. The van der Waals surface area contributed by atoms with Gasteiger partial charge in [-0.15, -0.1) is 0 Å². The van der Waals surface area contributed by atoms with Crippen LogP contribution in [-0.2, 0) is 15.4 Å². The van der Waals surface area contributed by atoms with Crippen molar-refractivity contribution in [3.8, 4) is 5.75 Å². The van der Waals surface area contributed by atoms with Crippen molar-refractivity contribution >= 4 is 10.0 Å². The number of unbranched alkanes of at least 4 members (excludes halogenated alkanes) is 2. The van der Waals surface area contributed by atoms with Gasteiger partial charge in [0.05, 0.1) is 12.4 Å². The molecule has 1 rings (SSSR count). The van der Waals surface area contributed by atoms with Gasteiger partial charge in [-0.1, -0.05) is 38.5 Å². The van der Waals surface area contributed by atoms with Crippen LogP contribution >= 0.6 is 0 Å². The van der Waals surface area contributed by atoms with E-state index in [-0.39, 0.29) is 11.2 Å². The van der Waals surface area contributed by atoms with Gasteiger partial charge in [0.2, 0.25) is 10.0 Å². The Balaban J connectivity index is 2.49. The van der Waals surface area contributed by atoms with E-state index >= 15 is 0 Å². The lowest BCUT2D eigenvalue weighted by Crippen LogP contribution is -2.16. The molecule has 5 heteroatoms. The molecule has 0 aliphatic carbocycles. The Labute approximate surface area is 128 Å². The first-order valence-corrected chi connectivity index (χ1v) is 9.05. The molecule has 0 unspecified atom stereocenters. The van der Waals surface area contributed by atoms with Crippen molar-refractivity contribution in [3.63, 3.8) is 0 Å². The molecular formula is C16H27NO3S. The molecule has 0 bridgehead atoms. The van der Waals surface area contributed by atoms with E-state index in [0.29, 0.717) is 13.0 Å². The summed E-state index contributed by atoms with van der Waals surface area (Å²) in [5.41, 5.74) is 2.46. The third-order valence-electron chi connectivity index (χ3n) is 3.27. The maximum atomic E-state index is 10.8. The van der Waals surface area contributed by atoms with Crippen LogP contribution in [0.3, 0.4) is 0 Å². The van der Waals surface area contributed by atoms with E-state index in [9.17, 15) is 8.42 Å². The van der Waals surface area contributed by atoms with Crippen LogP contribution in [-0.4, -0.2) is 20.8 Å². The molecule has 0 radical (unpaired) electrons. The molecule has 0 aliphatic rings. The van der Waals surface area contributed by atoms with Gasteiger partial charge < -0.3 is 4.74 Å². The molecule has 1 aromatic carbocycles. The van der Waals surface area contributed by atoms with Crippen LogP contribution in [0.15, 0.2) is 18.2 Å². The van der Waals surface area contributed by atoms with Crippen molar-refractivity contribution in [3.05, 3.63) is 29.3 Å². The zero-order valence-corrected chi connectivity index (χ0v) is 14.3. The first kappa shape index (κ1) is 18.0. The average molecular weight is 313 g/mol. The van der Waals surface area contributed by atoms with E-state index in [1.807, 2.05) is 12.1 Å². The monoisotopic (exact) mass is 313 g/mol. The number of hydrogen-bond acceptors (Lipinski definition) is 3. The largest absolute Gasteiger partial charge is 0.493 e. The number of rotatable bonds is 7. The number of ether oxygens (including phenoxy) is 1. The second-order valence-electron chi connectivity index (χ2n) is 6.53. The summed E-state index contributed by atoms with van der Waals surface area (Å²) in [6, 6.07) is 6.22. The fraction of sp³-hybridized carbons (Fsp3) is 0.625. The number of hydrogen-bond donors (Lipinski definition) is 1. The Morgan fingerprint density at radius 3 is 2.38 bits per heavy atom. The lowest BCUT2D eigenvalue weighted by Gasteiger charge is -2.23. The summed E-state index contributed by atoms with van der Waals surface area (Å²) in [6.45, 7) is 9.17. The van der Waals surface area contributed by atoms with Crippen LogP contribution < -0.4 is 9.88 Å². The standard InChI is InChI=1S/C16H27NO3S/c1-13-8-9-15(14(12-13)16(2,3)4)20-10-6-5-7-11-21(17,18)19/h8-9,12H,5-7,10-11H2,1-4H3,(H2,17,18,19). The zero-order chi connectivity index (χ0) is 16.1. The van der Waals surface area contributed by atoms with Crippen LogP contribution in [0.1, 0.15) is 51.2 Å². The third kappa shape index (κ3) is 6.96. The third-order valence-corrected chi connectivity index (χ3v) is 4.13. The van der Waals surface area contributed by atoms with Gasteiger partial charge in [0.25, 0.3) is 0 Å². The summed E-state index contributed by atoms with van der Waals surface area (Å²) < 4.78 is 27.5. The summed E-state index contributed by atoms with van der Waals surface area (Å²) >= 11 is 0. The molecule has 0 fully saturated rings. The Morgan fingerprint density at radius 2 is 1.81 bits per heavy atom. The van der Waals surface area contributed by atoms with Gasteiger partial charge in [0.1, 0.15) is 5.75 Å². The number of aryl methyl sites for hydroxylation is 1. The van der Waals surface area contributed by atoms with Gasteiger partial charge in [-0.2, -0.15) is 0 Å². The zero-order valence-electron chi connectivity index (χ0n) is 13.5. The maximum absolute atomic E-state index is 10.8. The molecule has 1 aromatic rings. The predicted octanol–water partition coefficient (Wildman–Crippen LogP) is 3.13. The molecule has 0 aromatic heterocycles. The number of benzene rings is 1. The van der Waals surface area contributed by atoms with Crippen LogP contribution in [0.25, 0.3) is 0 Å². The molecule has 2 N–H and O–H groups in total. The predicted molar refractivity (Wildman–Crippen MR) is 87.2 cm³/mol. The Kier molecular flexibility index (Phi) is 6.23. The Morgan fingerprint density at radius 1 is 1.14 bits per heavy atom. The van der Waals surface area contributed by atoms with Gasteiger partial charge >= 0.3 is 0 Å². The van der Waals surface area contributed by atoms with E-state index < -0.39 is 10.0 Å². The maximum Gasteiger partial charge on any atom is 0.209 e. The van der Waals surface area contributed by atoms with Gasteiger partial charge in [0, 0.05) is 0 Å². The van der Waals surface area contributed by atoms with Gasteiger partial charge in [-0.25, -0.2) is 13.6 Å². The van der Waals surface area contributed by atoms with Crippen molar-refractivity contribution < 1.29 is 13.2 Å². The van der Waals surface area contributed by atoms with Crippen molar-refractivity contribution in [1.82, 2.24) is 0 Å². The molecule has 21 heavy (non-hydrogen) atoms. The molecule has 0 saturated carbocycles. The van der Waals surface area contributed by atoms with Crippen molar-refractivity contribution in [1.29, 1.82) is 0 Å². The molecule has 0 heterocycles. The number of primary sulfonamides is 1. The molecule has 0 atom stereocenters. The number of nitrogens with two attached hydrogens (primary N) is 1. The Hall–Kier alpha value is -1.07. The summed E-state index contributed by atoms with van der Waals surface area (Å²) in [4.78, 5) is 0. The minimum atomic E-state index is -3.34. The molecule has 0 aliphatic heterocycles. The number of sulfonamides is 1. The highest BCUT2D eigenvalue weighted by molar-refractivity contribution is 7.89. The van der Waals surface area contributed by atoms with Crippen molar-refractivity contribution in [2.75, 3.05) is 12.4 Å². The van der Waals surface area contributed by atoms with Gasteiger partial charge in [-0.3, -0.25) is 0 Å².